The van der Waals surface area contributed by atoms with Crippen molar-refractivity contribution >= 4 is 22.7 Å². The monoisotopic (exact) mass is 329 g/mol. The third-order valence-corrected chi connectivity index (χ3v) is 4.85. The normalized spacial score (nSPS) is 20.7. The second-order valence-corrected chi connectivity index (χ2v) is 6.24. The van der Waals surface area contributed by atoms with Crippen LogP contribution in [0.25, 0.3) is 10.9 Å². The van der Waals surface area contributed by atoms with Gasteiger partial charge in [-0.05, 0) is 17.5 Å². The molecular formula is C18H23N3O3. The van der Waals surface area contributed by atoms with E-state index in [1.165, 1.54) is 5.56 Å². The summed E-state index contributed by atoms with van der Waals surface area (Å²) in [6, 6.07) is 5.52. The Bertz CT molecular complexity index is 768. The fourth-order valence-corrected chi connectivity index (χ4v) is 3.49. The molecule has 0 bridgehead atoms. The van der Waals surface area contributed by atoms with Gasteiger partial charge in [0, 0.05) is 37.2 Å². The van der Waals surface area contributed by atoms with E-state index in [1.54, 1.807) is 12.0 Å². The van der Waals surface area contributed by atoms with Crippen LogP contribution in [0.4, 0.5) is 0 Å². The quantitative estimate of drug-likeness (QED) is 0.868. The van der Waals surface area contributed by atoms with Crippen LogP contribution in [0.5, 0.6) is 0 Å². The Balaban J connectivity index is 1.83. The third kappa shape index (κ3) is 2.89. The summed E-state index contributed by atoms with van der Waals surface area (Å²) in [6.45, 7) is 2.51. The summed E-state index contributed by atoms with van der Waals surface area (Å²) in [5, 5.41) is 1.06. The Morgan fingerprint density at radius 3 is 2.83 bits per heavy atom. The van der Waals surface area contributed by atoms with Gasteiger partial charge in [-0.15, -0.1) is 0 Å². The third-order valence-electron chi connectivity index (χ3n) is 4.85. The van der Waals surface area contributed by atoms with Crippen LogP contribution in [0, 0.1) is 0 Å². The van der Waals surface area contributed by atoms with Crippen LogP contribution in [-0.4, -0.2) is 47.5 Å². The number of amides is 2. The first-order valence-corrected chi connectivity index (χ1v) is 8.24. The number of aromatic nitrogens is 1. The molecule has 6 heteroatoms. The van der Waals surface area contributed by atoms with Crippen LogP contribution in [0.1, 0.15) is 24.5 Å². The molecule has 1 fully saturated rings. The summed E-state index contributed by atoms with van der Waals surface area (Å²) in [5.74, 6) is -0.573. The highest BCUT2D eigenvalue weighted by atomic mass is 16.5. The van der Waals surface area contributed by atoms with Crippen molar-refractivity contribution in [3.63, 3.8) is 0 Å². The Labute approximate surface area is 141 Å². The second-order valence-electron chi connectivity index (χ2n) is 6.24. The molecule has 128 valence electrons. The number of nitrogens with one attached hydrogen (secondary N) is 1. The molecule has 1 saturated heterocycles. The van der Waals surface area contributed by atoms with Crippen LogP contribution in [0.15, 0.2) is 24.4 Å². The zero-order valence-corrected chi connectivity index (χ0v) is 14.0. The zero-order valence-electron chi connectivity index (χ0n) is 14.0. The van der Waals surface area contributed by atoms with E-state index in [0.29, 0.717) is 13.0 Å². The van der Waals surface area contributed by atoms with E-state index in [2.05, 4.69) is 18.0 Å². The smallest absolute Gasteiger partial charge is 0.240 e. The van der Waals surface area contributed by atoms with Gasteiger partial charge >= 0.3 is 0 Å². The molecule has 1 aliphatic heterocycles. The topological polar surface area (TPSA) is 88.4 Å². The number of nitrogens with zero attached hydrogens (tertiary/aromatic N) is 1. The van der Waals surface area contributed by atoms with Crippen LogP contribution < -0.4 is 5.73 Å². The number of hydrogen-bond acceptors (Lipinski definition) is 3. The Morgan fingerprint density at radius 2 is 2.17 bits per heavy atom. The SMILES string of the molecule is CCc1cccc2c(CC(=O)N3C[C@@H](OC)C[C@H]3C(N)=O)c[nH]c12. The predicted octanol–water partition coefficient (Wildman–Crippen LogP) is 1.37. The number of fused-ring (bicyclic) bond motifs is 1. The Kier molecular flexibility index (Phi) is 4.57. The molecule has 1 aliphatic rings. The molecule has 0 radical (unpaired) electrons. The van der Waals surface area contributed by atoms with Gasteiger partial charge in [-0.25, -0.2) is 0 Å². The summed E-state index contributed by atoms with van der Waals surface area (Å²) >= 11 is 0. The summed E-state index contributed by atoms with van der Waals surface area (Å²) in [7, 11) is 1.59. The van der Waals surface area contributed by atoms with Crippen molar-refractivity contribution in [1.82, 2.24) is 9.88 Å². The van der Waals surface area contributed by atoms with Crippen LogP contribution in [0.3, 0.4) is 0 Å². The second kappa shape index (κ2) is 6.65. The first-order chi connectivity index (χ1) is 11.5. The Hall–Kier alpha value is -2.34. The van der Waals surface area contributed by atoms with Crippen molar-refractivity contribution in [1.29, 1.82) is 0 Å². The van der Waals surface area contributed by atoms with Gasteiger partial charge in [-0.2, -0.15) is 0 Å². The molecule has 3 N–H and O–H groups in total. The number of aryl methyl sites for hydroxylation is 1. The number of methoxy groups -OCH3 is 1. The molecule has 1 aromatic heterocycles. The maximum atomic E-state index is 12.7. The number of likely N-dealkylation sites (tertiary alicyclic amines) is 1. The van der Waals surface area contributed by atoms with Crippen LogP contribution in [0.2, 0.25) is 0 Å². The number of rotatable bonds is 5. The van der Waals surface area contributed by atoms with Gasteiger partial charge in [0.05, 0.1) is 12.5 Å². The standard InChI is InChI=1S/C18H23N3O3/c1-3-11-5-4-6-14-12(9-20-17(11)14)7-16(22)21-10-13(24-2)8-15(21)18(19)23/h4-6,9,13,15,20H,3,7-8,10H2,1-2H3,(H2,19,23)/t13-,15-/m0/s1. The van der Waals surface area contributed by atoms with E-state index in [-0.39, 0.29) is 18.4 Å². The van der Waals surface area contributed by atoms with Gasteiger partial charge in [-0.3, -0.25) is 9.59 Å². The van der Waals surface area contributed by atoms with E-state index in [0.717, 1.165) is 22.9 Å². The fourth-order valence-electron chi connectivity index (χ4n) is 3.49. The molecular weight excluding hydrogens is 306 g/mol. The lowest BCUT2D eigenvalue weighted by Crippen LogP contribution is -2.44. The van der Waals surface area contributed by atoms with E-state index in [4.69, 9.17) is 10.5 Å². The molecule has 2 atom stereocenters. The van der Waals surface area contributed by atoms with E-state index in [1.807, 2.05) is 18.3 Å². The van der Waals surface area contributed by atoms with Gasteiger partial charge in [0.25, 0.3) is 0 Å². The lowest BCUT2D eigenvalue weighted by Gasteiger charge is -2.21. The molecule has 24 heavy (non-hydrogen) atoms. The summed E-state index contributed by atoms with van der Waals surface area (Å²) in [5.41, 5.74) is 8.69. The molecule has 2 aromatic rings. The zero-order chi connectivity index (χ0) is 17.3. The minimum atomic E-state index is -0.584. The minimum absolute atomic E-state index is 0.0962. The maximum Gasteiger partial charge on any atom is 0.240 e. The van der Waals surface area contributed by atoms with Crippen molar-refractivity contribution in [2.75, 3.05) is 13.7 Å². The molecule has 0 aliphatic carbocycles. The number of H-pyrrole nitrogens is 1. The van der Waals surface area contributed by atoms with Gasteiger partial charge in [0.1, 0.15) is 6.04 Å². The molecule has 1 aromatic carbocycles. The first kappa shape index (κ1) is 16.5. The average Bonchev–Trinajstić information content (AvgIpc) is 3.19. The van der Waals surface area contributed by atoms with Gasteiger partial charge in [0.2, 0.25) is 11.8 Å². The van der Waals surface area contributed by atoms with Crippen LogP contribution in [-0.2, 0) is 27.2 Å². The van der Waals surface area contributed by atoms with Gasteiger partial charge in [-0.1, -0.05) is 25.1 Å². The van der Waals surface area contributed by atoms with Gasteiger partial charge < -0.3 is 20.4 Å². The molecule has 0 spiro atoms. The number of carbonyl (C=O) groups excluding carboxylic acids is 2. The molecule has 0 saturated carbocycles. The molecule has 2 amide bonds. The number of ether oxygens (including phenoxy) is 1. The fraction of sp³-hybridized carbons (Fsp3) is 0.444. The van der Waals surface area contributed by atoms with E-state index < -0.39 is 11.9 Å². The van der Waals surface area contributed by atoms with Crippen molar-refractivity contribution < 1.29 is 14.3 Å². The predicted molar refractivity (Wildman–Crippen MR) is 91.5 cm³/mol. The Morgan fingerprint density at radius 1 is 1.38 bits per heavy atom. The summed E-state index contributed by atoms with van der Waals surface area (Å²) in [4.78, 5) is 29.2. The molecule has 0 unspecified atom stereocenters. The first-order valence-electron chi connectivity index (χ1n) is 8.24. The number of nitrogens with two attached hydrogens (primary N) is 1. The lowest BCUT2D eigenvalue weighted by molar-refractivity contribution is -0.136. The number of benzene rings is 1. The van der Waals surface area contributed by atoms with Crippen LogP contribution >= 0.6 is 0 Å². The van der Waals surface area contributed by atoms with E-state index >= 15 is 0 Å². The van der Waals surface area contributed by atoms with Gasteiger partial charge in [0.15, 0.2) is 0 Å². The molecule has 6 nitrogen and oxygen atoms in total. The number of carbonyl (C=O) groups is 2. The number of aromatic amines is 1. The molecule has 3 rings (SSSR count). The summed E-state index contributed by atoms with van der Waals surface area (Å²) < 4.78 is 5.30. The highest BCUT2D eigenvalue weighted by Crippen LogP contribution is 2.25. The lowest BCUT2D eigenvalue weighted by atomic mass is 10.0. The highest BCUT2D eigenvalue weighted by Gasteiger charge is 2.38. The van der Waals surface area contributed by atoms with Crippen molar-refractivity contribution in [3.8, 4) is 0 Å². The van der Waals surface area contributed by atoms with Crippen molar-refractivity contribution in [2.24, 2.45) is 5.73 Å². The molecule has 2 heterocycles. The number of para-hydroxylation sites is 1. The maximum absolute atomic E-state index is 12.7. The minimum Gasteiger partial charge on any atom is -0.380 e. The van der Waals surface area contributed by atoms with E-state index in [9.17, 15) is 9.59 Å². The average molecular weight is 329 g/mol. The number of primary amides is 1. The summed E-state index contributed by atoms with van der Waals surface area (Å²) in [6.07, 6.45) is 3.38. The van der Waals surface area contributed by atoms with Crippen molar-refractivity contribution in [2.45, 2.75) is 38.3 Å². The van der Waals surface area contributed by atoms with Crippen molar-refractivity contribution in [3.05, 3.63) is 35.5 Å². The largest absolute Gasteiger partial charge is 0.380 e. The number of hydrogen-bond donors (Lipinski definition) is 2. The highest BCUT2D eigenvalue weighted by molar-refractivity contribution is 5.93.